The van der Waals surface area contributed by atoms with Gasteiger partial charge in [0, 0.05) is 16.6 Å². The smallest absolute Gasteiger partial charge is 0.221 e. The van der Waals surface area contributed by atoms with Crippen molar-refractivity contribution in [2.75, 3.05) is 5.73 Å². The Hall–Kier alpha value is -1.29. The van der Waals surface area contributed by atoms with Gasteiger partial charge in [0.1, 0.15) is 0 Å². The highest BCUT2D eigenvalue weighted by Crippen LogP contribution is 2.19. The first-order chi connectivity index (χ1) is 6.59. The maximum atomic E-state index is 10.5. The van der Waals surface area contributed by atoms with Gasteiger partial charge in [0.05, 0.1) is 0 Å². The summed E-state index contributed by atoms with van der Waals surface area (Å²) in [4.78, 5) is 10.5. The number of anilines is 1. The van der Waals surface area contributed by atoms with E-state index >= 15 is 0 Å². The van der Waals surface area contributed by atoms with E-state index < -0.39 is 0 Å². The van der Waals surface area contributed by atoms with Crippen LogP contribution >= 0.6 is 15.9 Å². The molecule has 1 aromatic rings. The molecular formula is C10H11BrN2O. The zero-order chi connectivity index (χ0) is 10.6. The van der Waals surface area contributed by atoms with Gasteiger partial charge >= 0.3 is 0 Å². The fourth-order valence-corrected chi connectivity index (χ4v) is 1.38. The fourth-order valence-electron chi connectivity index (χ4n) is 0.999. The van der Waals surface area contributed by atoms with Crippen molar-refractivity contribution >= 4 is 33.6 Å². The fraction of sp³-hybridized carbons (Fsp3) is 0.100. The molecule has 0 heterocycles. The lowest BCUT2D eigenvalue weighted by molar-refractivity contribution is -0.117. The van der Waals surface area contributed by atoms with Crippen LogP contribution in [0.1, 0.15) is 12.0 Å². The Bertz CT molecular complexity index is 374. The van der Waals surface area contributed by atoms with Gasteiger partial charge < -0.3 is 11.5 Å². The molecule has 0 spiro atoms. The highest BCUT2D eigenvalue weighted by molar-refractivity contribution is 9.10. The van der Waals surface area contributed by atoms with Crippen LogP contribution in [0, 0.1) is 0 Å². The highest BCUT2D eigenvalue weighted by Gasteiger charge is 1.95. The van der Waals surface area contributed by atoms with Crippen LogP contribution in [0.4, 0.5) is 5.69 Å². The summed E-state index contributed by atoms with van der Waals surface area (Å²) in [6.45, 7) is 0. The lowest BCUT2D eigenvalue weighted by atomic mass is 10.1. The van der Waals surface area contributed by atoms with Crippen LogP contribution < -0.4 is 11.5 Å². The van der Waals surface area contributed by atoms with Crippen molar-refractivity contribution < 1.29 is 4.79 Å². The average Bonchev–Trinajstić information content (AvgIpc) is 2.08. The van der Waals surface area contributed by atoms with Gasteiger partial charge in [0.15, 0.2) is 0 Å². The van der Waals surface area contributed by atoms with Crippen molar-refractivity contribution in [3.8, 4) is 0 Å². The van der Waals surface area contributed by atoms with Gasteiger partial charge in [-0.2, -0.15) is 0 Å². The molecule has 3 nitrogen and oxygen atoms in total. The van der Waals surface area contributed by atoms with Crippen molar-refractivity contribution in [1.82, 2.24) is 0 Å². The van der Waals surface area contributed by atoms with Crippen LogP contribution in [0.3, 0.4) is 0 Å². The molecule has 0 bridgehead atoms. The minimum Gasteiger partial charge on any atom is -0.398 e. The first-order valence-electron chi connectivity index (χ1n) is 4.09. The van der Waals surface area contributed by atoms with Crippen LogP contribution in [0.25, 0.3) is 6.08 Å². The van der Waals surface area contributed by atoms with E-state index in [2.05, 4.69) is 15.9 Å². The molecule has 0 fully saturated rings. The molecule has 0 unspecified atom stereocenters. The molecule has 1 amide bonds. The number of primary amides is 1. The Balaban J connectivity index is 2.76. The molecular weight excluding hydrogens is 244 g/mol. The molecule has 0 aromatic heterocycles. The average molecular weight is 255 g/mol. The second-order valence-electron chi connectivity index (χ2n) is 2.85. The maximum absolute atomic E-state index is 10.5. The summed E-state index contributed by atoms with van der Waals surface area (Å²) in [5, 5.41) is 0. The Morgan fingerprint density at radius 1 is 1.50 bits per heavy atom. The minimum absolute atomic E-state index is 0.232. The molecule has 1 aromatic carbocycles. The van der Waals surface area contributed by atoms with Crippen LogP contribution in [-0.4, -0.2) is 5.91 Å². The number of rotatable bonds is 3. The summed E-state index contributed by atoms with van der Waals surface area (Å²) in [6, 6.07) is 5.57. The van der Waals surface area contributed by atoms with Crippen LogP contribution in [0.15, 0.2) is 28.7 Å². The Morgan fingerprint density at radius 3 is 2.79 bits per heavy atom. The van der Waals surface area contributed by atoms with E-state index in [1.54, 1.807) is 12.2 Å². The Kier molecular flexibility index (Phi) is 3.71. The van der Waals surface area contributed by atoms with Gasteiger partial charge in [-0.25, -0.2) is 0 Å². The number of hydrogen-bond acceptors (Lipinski definition) is 2. The molecule has 0 aliphatic heterocycles. The van der Waals surface area contributed by atoms with Gasteiger partial charge in [-0.15, -0.1) is 0 Å². The molecule has 0 radical (unpaired) electrons. The molecule has 14 heavy (non-hydrogen) atoms. The molecule has 74 valence electrons. The quantitative estimate of drug-likeness (QED) is 0.810. The topological polar surface area (TPSA) is 69.1 Å². The summed E-state index contributed by atoms with van der Waals surface area (Å²) in [5.74, 6) is -0.350. The summed E-state index contributed by atoms with van der Waals surface area (Å²) >= 11 is 3.31. The monoisotopic (exact) mass is 254 g/mol. The van der Waals surface area contributed by atoms with Crippen molar-refractivity contribution in [3.63, 3.8) is 0 Å². The molecule has 4 N–H and O–H groups in total. The predicted molar refractivity (Wildman–Crippen MR) is 61.4 cm³/mol. The number of benzene rings is 1. The summed E-state index contributed by atoms with van der Waals surface area (Å²) in [5.41, 5.74) is 12.3. The van der Waals surface area contributed by atoms with E-state index in [0.717, 1.165) is 10.0 Å². The molecule has 0 aliphatic rings. The molecule has 4 heteroatoms. The zero-order valence-corrected chi connectivity index (χ0v) is 9.12. The summed E-state index contributed by atoms with van der Waals surface area (Å²) in [6.07, 6.45) is 3.71. The standard InChI is InChI=1S/C10H11BrN2O/c11-8-5-4-7(9(12)6-8)2-1-3-10(13)14/h1-2,4-6H,3,12H2,(H2,13,14). The first-order valence-corrected chi connectivity index (χ1v) is 4.89. The van der Waals surface area contributed by atoms with Crippen molar-refractivity contribution in [1.29, 1.82) is 0 Å². The molecule has 0 saturated carbocycles. The van der Waals surface area contributed by atoms with Crippen molar-refractivity contribution in [3.05, 3.63) is 34.3 Å². The number of amides is 1. The Morgan fingerprint density at radius 2 is 2.21 bits per heavy atom. The van der Waals surface area contributed by atoms with E-state index in [0.29, 0.717) is 5.69 Å². The largest absolute Gasteiger partial charge is 0.398 e. The predicted octanol–water partition coefficient (Wildman–Crippen LogP) is 1.92. The number of nitrogen functional groups attached to an aromatic ring is 1. The van der Waals surface area contributed by atoms with Crippen molar-refractivity contribution in [2.24, 2.45) is 5.73 Å². The zero-order valence-electron chi connectivity index (χ0n) is 7.53. The third-order valence-electron chi connectivity index (χ3n) is 1.67. The number of hydrogen-bond donors (Lipinski definition) is 2. The van der Waals surface area contributed by atoms with Crippen molar-refractivity contribution in [2.45, 2.75) is 6.42 Å². The van der Waals surface area contributed by atoms with Gasteiger partial charge in [-0.1, -0.05) is 34.1 Å². The van der Waals surface area contributed by atoms with E-state index in [4.69, 9.17) is 11.5 Å². The van der Waals surface area contributed by atoms with Gasteiger partial charge in [-0.05, 0) is 17.7 Å². The number of carbonyl (C=O) groups is 1. The molecule has 0 aliphatic carbocycles. The maximum Gasteiger partial charge on any atom is 0.221 e. The first kappa shape index (κ1) is 10.8. The lowest BCUT2D eigenvalue weighted by Gasteiger charge is -2.00. The molecule has 1 rings (SSSR count). The number of carbonyl (C=O) groups excluding carboxylic acids is 1. The highest BCUT2D eigenvalue weighted by atomic mass is 79.9. The number of nitrogens with two attached hydrogens (primary N) is 2. The van der Waals surface area contributed by atoms with Crippen LogP contribution in [0.2, 0.25) is 0 Å². The van der Waals surface area contributed by atoms with Gasteiger partial charge in [0.2, 0.25) is 5.91 Å². The third kappa shape index (κ3) is 3.22. The molecule has 0 saturated heterocycles. The van der Waals surface area contributed by atoms with E-state index in [9.17, 15) is 4.79 Å². The van der Waals surface area contributed by atoms with E-state index in [1.165, 1.54) is 0 Å². The van der Waals surface area contributed by atoms with Gasteiger partial charge in [-0.3, -0.25) is 4.79 Å². The van der Waals surface area contributed by atoms with E-state index in [-0.39, 0.29) is 12.3 Å². The Labute approximate surface area is 90.9 Å². The normalized spacial score (nSPS) is 10.6. The summed E-state index contributed by atoms with van der Waals surface area (Å²) < 4.78 is 0.932. The van der Waals surface area contributed by atoms with Crippen LogP contribution in [-0.2, 0) is 4.79 Å². The molecule has 0 atom stereocenters. The van der Waals surface area contributed by atoms with Crippen LogP contribution in [0.5, 0.6) is 0 Å². The van der Waals surface area contributed by atoms with Gasteiger partial charge in [0.25, 0.3) is 0 Å². The number of halogens is 1. The second kappa shape index (κ2) is 4.81. The SMILES string of the molecule is NC(=O)CC=Cc1ccc(Br)cc1N. The minimum atomic E-state index is -0.350. The second-order valence-corrected chi connectivity index (χ2v) is 3.76. The third-order valence-corrected chi connectivity index (χ3v) is 2.16. The lowest BCUT2D eigenvalue weighted by Crippen LogP contribution is -2.07. The van der Waals surface area contributed by atoms with E-state index in [1.807, 2.05) is 18.2 Å². The summed E-state index contributed by atoms with van der Waals surface area (Å²) in [7, 11) is 0.